The first-order valence-corrected chi connectivity index (χ1v) is 7.64. The normalized spacial score (nSPS) is 18.3. The van der Waals surface area contributed by atoms with E-state index in [9.17, 15) is 0 Å². The van der Waals surface area contributed by atoms with E-state index in [2.05, 4.69) is 44.1 Å². The minimum absolute atomic E-state index is 0.211. The third kappa shape index (κ3) is 2.79. The van der Waals surface area contributed by atoms with Crippen LogP contribution in [0, 0.1) is 0 Å². The molecule has 2 heteroatoms. The van der Waals surface area contributed by atoms with Crippen LogP contribution in [0.3, 0.4) is 0 Å². The van der Waals surface area contributed by atoms with Gasteiger partial charge in [0.1, 0.15) is 0 Å². The Morgan fingerprint density at radius 1 is 1.16 bits per heavy atom. The van der Waals surface area contributed by atoms with Crippen molar-refractivity contribution < 1.29 is 0 Å². The lowest BCUT2D eigenvalue weighted by atomic mass is 9.68. The first-order valence-electron chi connectivity index (χ1n) is 7.64. The number of benzene rings is 1. The van der Waals surface area contributed by atoms with Crippen LogP contribution >= 0.6 is 0 Å². The van der Waals surface area contributed by atoms with E-state index in [0.717, 1.165) is 13.0 Å². The van der Waals surface area contributed by atoms with E-state index in [1.807, 2.05) is 0 Å². The van der Waals surface area contributed by atoms with Crippen LogP contribution in [0.1, 0.15) is 50.2 Å². The molecule has 0 atom stereocenters. The monoisotopic (exact) mass is 260 g/mol. The van der Waals surface area contributed by atoms with Gasteiger partial charge in [0.05, 0.1) is 0 Å². The van der Waals surface area contributed by atoms with Crippen molar-refractivity contribution in [2.75, 3.05) is 25.5 Å². The molecule has 0 heterocycles. The van der Waals surface area contributed by atoms with E-state index in [4.69, 9.17) is 5.73 Å². The highest BCUT2D eigenvalue weighted by molar-refractivity contribution is 5.57. The van der Waals surface area contributed by atoms with E-state index < -0.39 is 0 Å². The predicted molar refractivity (Wildman–Crippen MR) is 84.0 cm³/mol. The molecule has 0 spiro atoms. The van der Waals surface area contributed by atoms with Crippen LogP contribution in [-0.4, -0.2) is 20.6 Å². The van der Waals surface area contributed by atoms with Crippen LogP contribution in [0.2, 0.25) is 0 Å². The highest BCUT2D eigenvalue weighted by Gasteiger charge is 2.34. The Labute approximate surface area is 118 Å². The maximum absolute atomic E-state index is 6.21. The first kappa shape index (κ1) is 14.4. The largest absolute Gasteiger partial charge is 0.377 e. The van der Waals surface area contributed by atoms with Crippen molar-refractivity contribution >= 4 is 5.69 Å². The summed E-state index contributed by atoms with van der Waals surface area (Å²) in [5, 5.41) is 0. The highest BCUT2D eigenvalue weighted by atomic mass is 15.1. The number of anilines is 1. The van der Waals surface area contributed by atoms with E-state index >= 15 is 0 Å². The zero-order chi connectivity index (χ0) is 13.9. The Kier molecular flexibility index (Phi) is 4.51. The van der Waals surface area contributed by atoms with Crippen LogP contribution in [0.25, 0.3) is 0 Å². The van der Waals surface area contributed by atoms with Crippen molar-refractivity contribution in [3.05, 3.63) is 29.3 Å². The fourth-order valence-electron chi connectivity index (χ4n) is 3.43. The molecule has 19 heavy (non-hydrogen) atoms. The van der Waals surface area contributed by atoms with Crippen LogP contribution in [0.15, 0.2) is 18.2 Å². The maximum atomic E-state index is 6.21. The summed E-state index contributed by atoms with van der Waals surface area (Å²) in [5.41, 5.74) is 10.7. The van der Waals surface area contributed by atoms with E-state index in [1.54, 1.807) is 0 Å². The molecule has 1 saturated carbocycles. The first-order chi connectivity index (χ1) is 9.13. The minimum atomic E-state index is 0.211. The van der Waals surface area contributed by atoms with Crippen molar-refractivity contribution in [2.45, 2.75) is 50.9 Å². The average molecular weight is 260 g/mol. The molecule has 0 unspecified atom stereocenters. The lowest BCUT2D eigenvalue weighted by Crippen LogP contribution is -2.38. The van der Waals surface area contributed by atoms with E-state index in [1.165, 1.54) is 48.9 Å². The summed E-state index contributed by atoms with van der Waals surface area (Å²) in [6.07, 6.45) is 7.60. The van der Waals surface area contributed by atoms with Crippen molar-refractivity contribution in [1.82, 2.24) is 0 Å². The van der Waals surface area contributed by atoms with Crippen molar-refractivity contribution in [1.29, 1.82) is 0 Å². The Balaban J connectivity index is 2.50. The van der Waals surface area contributed by atoms with Gasteiger partial charge in [0, 0.05) is 31.7 Å². The van der Waals surface area contributed by atoms with Crippen LogP contribution in [0.5, 0.6) is 0 Å². The van der Waals surface area contributed by atoms with Gasteiger partial charge in [-0.25, -0.2) is 0 Å². The molecule has 2 rings (SSSR count). The van der Waals surface area contributed by atoms with Crippen molar-refractivity contribution in [3.63, 3.8) is 0 Å². The Bertz CT molecular complexity index is 417. The van der Waals surface area contributed by atoms with Gasteiger partial charge in [-0.15, -0.1) is 0 Å². The molecule has 0 aromatic heterocycles. The summed E-state index contributed by atoms with van der Waals surface area (Å²) in [6.45, 7) is 3.01. The lowest BCUT2D eigenvalue weighted by Gasteiger charge is -2.39. The van der Waals surface area contributed by atoms with Crippen LogP contribution < -0.4 is 10.6 Å². The zero-order valence-electron chi connectivity index (χ0n) is 12.7. The van der Waals surface area contributed by atoms with Crippen LogP contribution in [0.4, 0.5) is 5.69 Å². The maximum Gasteiger partial charge on any atom is 0.0399 e. The molecule has 0 radical (unpaired) electrons. The molecule has 0 amide bonds. The Morgan fingerprint density at radius 3 is 2.37 bits per heavy atom. The molecule has 0 saturated heterocycles. The van der Waals surface area contributed by atoms with Gasteiger partial charge in [0.25, 0.3) is 0 Å². The van der Waals surface area contributed by atoms with Gasteiger partial charge in [-0.3, -0.25) is 0 Å². The quantitative estimate of drug-likeness (QED) is 0.898. The number of nitrogens with two attached hydrogens (primary N) is 1. The van der Waals surface area contributed by atoms with Crippen LogP contribution in [-0.2, 0) is 11.8 Å². The molecule has 2 N–H and O–H groups in total. The summed E-state index contributed by atoms with van der Waals surface area (Å²) < 4.78 is 0. The third-order valence-corrected chi connectivity index (χ3v) is 4.72. The number of hydrogen-bond acceptors (Lipinski definition) is 2. The third-order valence-electron chi connectivity index (χ3n) is 4.72. The van der Waals surface area contributed by atoms with Gasteiger partial charge < -0.3 is 10.6 Å². The zero-order valence-corrected chi connectivity index (χ0v) is 12.7. The van der Waals surface area contributed by atoms with Crippen molar-refractivity contribution in [2.24, 2.45) is 5.73 Å². The molecule has 1 aliphatic carbocycles. The SMILES string of the molecule is CCc1ccc(N(C)C)c(C2(CN)CCCCC2)c1. The summed E-state index contributed by atoms with van der Waals surface area (Å²) >= 11 is 0. The number of hydrogen-bond donors (Lipinski definition) is 1. The second-order valence-corrected chi connectivity index (χ2v) is 6.14. The number of aryl methyl sites for hydroxylation is 1. The summed E-state index contributed by atoms with van der Waals surface area (Å²) in [7, 11) is 4.27. The van der Waals surface area contributed by atoms with Crippen molar-refractivity contribution in [3.8, 4) is 0 Å². The average Bonchev–Trinajstić information content (AvgIpc) is 2.47. The second-order valence-electron chi connectivity index (χ2n) is 6.14. The molecule has 106 valence electrons. The molecule has 1 aromatic carbocycles. The van der Waals surface area contributed by atoms with E-state index in [-0.39, 0.29) is 5.41 Å². The second kappa shape index (κ2) is 5.96. The summed E-state index contributed by atoms with van der Waals surface area (Å²) in [4.78, 5) is 2.24. The molecule has 2 nitrogen and oxygen atoms in total. The van der Waals surface area contributed by atoms with Gasteiger partial charge >= 0.3 is 0 Å². The van der Waals surface area contributed by atoms with Gasteiger partial charge in [0.2, 0.25) is 0 Å². The molecular weight excluding hydrogens is 232 g/mol. The highest BCUT2D eigenvalue weighted by Crippen LogP contribution is 2.42. The van der Waals surface area contributed by atoms with Gasteiger partial charge in [-0.05, 0) is 36.5 Å². The Hall–Kier alpha value is -1.02. The fraction of sp³-hybridized carbons (Fsp3) is 0.647. The molecule has 0 aliphatic heterocycles. The van der Waals surface area contributed by atoms with E-state index in [0.29, 0.717) is 0 Å². The molecule has 1 fully saturated rings. The number of rotatable bonds is 4. The molecule has 0 bridgehead atoms. The minimum Gasteiger partial charge on any atom is -0.377 e. The van der Waals surface area contributed by atoms with Gasteiger partial charge in [-0.1, -0.05) is 38.3 Å². The topological polar surface area (TPSA) is 29.3 Å². The molecule has 1 aliphatic rings. The standard InChI is InChI=1S/C17H28N2/c1-4-14-8-9-16(19(2)3)15(12-14)17(13-18)10-6-5-7-11-17/h8-9,12H,4-7,10-11,13,18H2,1-3H3. The molecule has 1 aromatic rings. The fourth-order valence-corrected chi connectivity index (χ4v) is 3.43. The predicted octanol–water partition coefficient (Wildman–Crippen LogP) is 3.48. The summed E-state index contributed by atoms with van der Waals surface area (Å²) in [6, 6.07) is 6.94. The summed E-state index contributed by atoms with van der Waals surface area (Å²) in [5.74, 6) is 0. The van der Waals surface area contributed by atoms with Gasteiger partial charge in [0.15, 0.2) is 0 Å². The number of nitrogens with zero attached hydrogens (tertiary/aromatic N) is 1. The van der Waals surface area contributed by atoms with Gasteiger partial charge in [-0.2, -0.15) is 0 Å². The lowest BCUT2D eigenvalue weighted by molar-refractivity contribution is 0.301. The Morgan fingerprint density at radius 2 is 1.84 bits per heavy atom. The smallest absolute Gasteiger partial charge is 0.0399 e. The molecular formula is C17H28N2.